The van der Waals surface area contributed by atoms with E-state index in [1.807, 2.05) is 51.1 Å². The normalized spacial score (nSPS) is 12.0. The van der Waals surface area contributed by atoms with Gasteiger partial charge >= 0.3 is 0 Å². The van der Waals surface area contributed by atoms with Crippen molar-refractivity contribution >= 4 is 11.8 Å². The molecule has 2 rings (SSSR count). The molecule has 0 saturated heterocycles. The number of oxime groups is 1. The van der Waals surface area contributed by atoms with E-state index in [9.17, 15) is 10.3 Å². The Bertz CT molecular complexity index is 695. The maximum atomic E-state index is 9.70. The third kappa shape index (κ3) is 3.72. The Labute approximate surface area is 124 Å². The molecule has 0 atom stereocenters. The number of aryl methyl sites for hydroxylation is 3. The number of nitrogens with zero attached hydrogens (tertiary/aromatic N) is 1. The molecule has 108 valence electrons. The minimum Gasteiger partial charge on any atom is -0.508 e. The van der Waals surface area contributed by atoms with Crippen molar-refractivity contribution in [3.05, 3.63) is 70.3 Å². The topological polar surface area (TPSA) is 52.8 Å². The van der Waals surface area contributed by atoms with Gasteiger partial charge in [-0.3, -0.25) is 0 Å². The Hall–Kier alpha value is -2.55. The average Bonchev–Trinajstić information content (AvgIpc) is 2.42. The van der Waals surface area contributed by atoms with Crippen molar-refractivity contribution in [3.8, 4) is 5.75 Å². The SMILES string of the molecule is Cc1cc(C)cc(C(/C=C/c2ccc(C)c(O)c2)=N\O)c1. The van der Waals surface area contributed by atoms with Crippen LogP contribution in [-0.4, -0.2) is 16.0 Å². The van der Waals surface area contributed by atoms with Crippen LogP contribution in [0.5, 0.6) is 5.75 Å². The third-order valence-electron chi connectivity index (χ3n) is 3.29. The average molecular weight is 281 g/mol. The molecule has 0 radical (unpaired) electrons. The van der Waals surface area contributed by atoms with E-state index in [1.165, 1.54) is 0 Å². The first-order valence-corrected chi connectivity index (χ1v) is 6.78. The van der Waals surface area contributed by atoms with Crippen LogP contribution < -0.4 is 0 Å². The summed E-state index contributed by atoms with van der Waals surface area (Å²) in [6.07, 6.45) is 3.55. The summed E-state index contributed by atoms with van der Waals surface area (Å²) in [5.74, 6) is 0.256. The number of hydrogen-bond acceptors (Lipinski definition) is 3. The highest BCUT2D eigenvalue weighted by Gasteiger charge is 2.03. The molecular weight excluding hydrogens is 262 g/mol. The van der Waals surface area contributed by atoms with E-state index in [4.69, 9.17) is 0 Å². The van der Waals surface area contributed by atoms with Gasteiger partial charge in [-0.25, -0.2) is 0 Å². The van der Waals surface area contributed by atoms with Crippen molar-refractivity contribution in [3.63, 3.8) is 0 Å². The lowest BCUT2D eigenvalue weighted by Crippen LogP contribution is -1.98. The summed E-state index contributed by atoms with van der Waals surface area (Å²) in [7, 11) is 0. The Balaban J connectivity index is 2.30. The van der Waals surface area contributed by atoms with Crippen LogP contribution in [0.1, 0.15) is 27.8 Å². The quantitative estimate of drug-likeness (QED) is 0.503. The zero-order chi connectivity index (χ0) is 15.4. The van der Waals surface area contributed by atoms with E-state index in [-0.39, 0.29) is 5.75 Å². The van der Waals surface area contributed by atoms with Crippen LogP contribution in [0.25, 0.3) is 6.08 Å². The van der Waals surface area contributed by atoms with Crippen LogP contribution in [0, 0.1) is 20.8 Å². The minimum atomic E-state index is 0.256. The second-order valence-corrected chi connectivity index (χ2v) is 5.24. The predicted molar refractivity (Wildman–Crippen MR) is 86.1 cm³/mol. The Morgan fingerprint density at radius 2 is 1.67 bits per heavy atom. The van der Waals surface area contributed by atoms with Gasteiger partial charge in [-0.05, 0) is 56.2 Å². The molecule has 3 nitrogen and oxygen atoms in total. The van der Waals surface area contributed by atoms with Crippen LogP contribution in [0.15, 0.2) is 47.6 Å². The molecule has 0 spiro atoms. The summed E-state index contributed by atoms with van der Waals surface area (Å²) < 4.78 is 0. The molecule has 2 aromatic carbocycles. The Morgan fingerprint density at radius 1 is 1.00 bits per heavy atom. The second kappa shape index (κ2) is 6.27. The molecule has 21 heavy (non-hydrogen) atoms. The maximum absolute atomic E-state index is 9.70. The fourth-order valence-electron chi connectivity index (χ4n) is 2.22. The first-order valence-electron chi connectivity index (χ1n) is 6.78. The van der Waals surface area contributed by atoms with Gasteiger partial charge in [0, 0.05) is 5.56 Å². The smallest absolute Gasteiger partial charge is 0.119 e. The molecule has 0 aliphatic rings. The second-order valence-electron chi connectivity index (χ2n) is 5.24. The summed E-state index contributed by atoms with van der Waals surface area (Å²) in [5, 5.41) is 22.3. The van der Waals surface area contributed by atoms with Gasteiger partial charge in [-0.2, -0.15) is 0 Å². The summed E-state index contributed by atoms with van der Waals surface area (Å²) in [4.78, 5) is 0. The molecule has 0 bridgehead atoms. The molecule has 2 N–H and O–H groups in total. The van der Waals surface area contributed by atoms with Crippen molar-refractivity contribution < 1.29 is 10.3 Å². The van der Waals surface area contributed by atoms with Crippen LogP contribution in [-0.2, 0) is 0 Å². The van der Waals surface area contributed by atoms with Crippen LogP contribution in [0.2, 0.25) is 0 Å². The molecule has 0 unspecified atom stereocenters. The lowest BCUT2D eigenvalue weighted by molar-refractivity contribution is 0.320. The van der Waals surface area contributed by atoms with Gasteiger partial charge in [-0.1, -0.05) is 40.6 Å². The predicted octanol–water partition coefficient (Wildman–Crippen LogP) is 4.21. The largest absolute Gasteiger partial charge is 0.508 e. The summed E-state index contributed by atoms with van der Waals surface area (Å²) in [6.45, 7) is 5.86. The maximum Gasteiger partial charge on any atom is 0.119 e. The Morgan fingerprint density at radius 3 is 2.24 bits per heavy atom. The van der Waals surface area contributed by atoms with Gasteiger partial charge < -0.3 is 10.3 Å². The van der Waals surface area contributed by atoms with E-state index in [0.717, 1.165) is 27.8 Å². The van der Waals surface area contributed by atoms with E-state index in [0.29, 0.717) is 5.71 Å². The van der Waals surface area contributed by atoms with E-state index in [1.54, 1.807) is 12.1 Å². The van der Waals surface area contributed by atoms with Gasteiger partial charge in [-0.15, -0.1) is 0 Å². The minimum absolute atomic E-state index is 0.256. The zero-order valence-electron chi connectivity index (χ0n) is 12.5. The number of rotatable bonds is 3. The molecule has 2 aromatic rings. The standard InChI is InChI=1S/C18H19NO2/c1-12-8-13(2)10-16(9-12)17(19-21)7-6-15-5-4-14(3)18(20)11-15/h4-11,20-21H,1-3H3/b7-6+,19-17-. The van der Waals surface area contributed by atoms with Crippen LogP contribution in [0.3, 0.4) is 0 Å². The van der Waals surface area contributed by atoms with Crippen LogP contribution in [0.4, 0.5) is 0 Å². The number of hydrogen-bond donors (Lipinski definition) is 2. The van der Waals surface area contributed by atoms with Gasteiger partial charge in [0.2, 0.25) is 0 Å². The first-order chi connectivity index (χ1) is 9.99. The van der Waals surface area contributed by atoms with Gasteiger partial charge in [0.1, 0.15) is 11.5 Å². The molecule has 3 heteroatoms. The van der Waals surface area contributed by atoms with Gasteiger partial charge in [0.15, 0.2) is 0 Å². The molecule has 0 heterocycles. The third-order valence-corrected chi connectivity index (χ3v) is 3.29. The molecule has 0 aromatic heterocycles. The monoisotopic (exact) mass is 281 g/mol. The summed E-state index contributed by atoms with van der Waals surface area (Å²) >= 11 is 0. The van der Waals surface area contributed by atoms with Crippen LogP contribution >= 0.6 is 0 Å². The van der Waals surface area contributed by atoms with Crippen molar-refractivity contribution in [2.45, 2.75) is 20.8 Å². The fourth-order valence-corrected chi connectivity index (χ4v) is 2.22. The number of phenolic OH excluding ortho intramolecular Hbond substituents is 1. The highest BCUT2D eigenvalue weighted by Crippen LogP contribution is 2.19. The molecule has 0 saturated carbocycles. The zero-order valence-corrected chi connectivity index (χ0v) is 12.5. The van der Waals surface area contributed by atoms with E-state index >= 15 is 0 Å². The molecule has 0 aliphatic heterocycles. The molecular formula is C18H19NO2. The van der Waals surface area contributed by atoms with E-state index < -0.39 is 0 Å². The highest BCUT2D eigenvalue weighted by molar-refractivity contribution is 6.10. The first kappa shape index (κ1) is 14.9. The van der Waals surface area contributed by atoms with Crippen molar-refractivity contribution in [2.24, 2.45) is 5.16 Å². The molecule has 0 aliphatic carbocycles. The van der Waals surface area contributed by atoms with E-state index in [2.05, 4.69) is 11.2 Å². The van der Waals surface area contributed by atoms with Gasteiger partial charge in [0.05, 0.1) is 0 Å². The fraction of sp³-hybridized carbons (Fsp3) is 0.167. The number of aromatic hydroxyl groups is 1. The van der Waals surface area contributed by atoms with Crippen molar-refractivity contribution in [1.29, 1.82) is 0 Å². The number of allylic oxidation sites excluding steroid dienone is 1. The lowest BCUT2D eigenvalue weighted by atomic mass is 10.0. The van der Waals surface area contributed by atoms with Crippen molar-refractivity contribution in [1.82, 2.24) is 0 Å². The summed E-state index contributed by atoms with van der Waals surface area (Å²) in [5.41, 5.74) is 5.27. The highest BCUT2D eigenvalue weighted by atomic mass is 16.4. The Kier molecular flexibility index (Phi) is 4.43. The number of benzene rings is 2. The molecule has 0 fully saturated rings. The van der Waals surface area contributed by atoms with Crippen molar-refractivity contribution in [2.75, 3.05) is 0 Å². The number of phenols is 1. The summed E-state index contributed by atoms with van der Waals surface area (Å²) in [6, 6.07) is 11.4. The lowest BCUT2D eigenvalue weighted by Gasteiger charge is -2.04. The molecule has 0 amide bonds. The van der Waals surface area contributed by atoms with Gasteiger partial charge in [0.25, 0.3) is 0 Å².